The highest BCUT2D eigenvalue weighted by atomic mass is 32.2. The Kier molecular flexibility index (Phi) is 7.32. The molecule has 1 aromatic rings. The number of hydrogen-bond acceptors (Lipinski definition) is 7. The lowest BCUT2D eigenvalue weighted by atomic mass is 10.5. The molecule has 1 N–H and O–H groups in total. The fraction of sp³-hybridized carbons (Fsp3) is 0.750. The molecule has 0 aliphatic rings. The maximum atomic E-state index is 5.50. The summed E-state index contributed by atoms with van der Waals surface area (Å²) >= 11 is 1.80. The monoisotopic (exact) mass is 285 g/mol. The molecule has 1 heterocycles. The van der Waals surface area contributed by atoms with Crippen LogP contribution < -0.4 is 15.0 Å². The van der Waals surface area contributed by atoms with E-state index in [2.05, 4.69) is 33.4 Å². The summed E-state index contributed by atoms with van der Waals surface area (Å²) in [6.07, 6.45) is 3.01. The van der Waals surface area contributed by atoms with Crippen molar-refractivity contribution < 1.29 is 4.74 Å². The van der Waals surface area contributed by atoms with Gasteiger partial charge in [-0.15, -0.1) is 0 Å². The largest absolute Gasteiger partial charge is 0.463 e. The van der Waals surface area contributed by atoms with Gasteiger partial charge < -0.3 is 15.0 Å². The minimum absolute atomic E-state index is 0.388. The van der Waals surface area contributed by atoms with Crippen molar-refractivity contribution in [1.82, 2.24) is 15.0 Å². The van der Waals surface area contributed by atoms with Crippen LogP contribution in [0.4, 0.5) is 11.9 Å². The number of ether oxygens (including phenoxy) is 1. The van der Waals surface area contributed by atoms with E-state index in [-0.39, 0.29) is 0 Å². The van der Waals surface area contributed by atoms with Crippen LogP contribution in [0.5, 0.6) is 6.01 Å². The second kappa shape index (κ2) is 8.79. The van der Waals surface area contributed by atoms with E-state index in [1.54, 1.807) is 11.8 Å². The lowest BCUT2D eigenvalue weighted by molar-refractivity contribution is 0.292. The molecule has 0 aromatic carbocycles. The molecule has 6 nitrogen and oxygen atoms in total. The number of rotatable bonds is 9. The van der Waals surface area contributed by atoms with Crippen LogP contribution in [0, 0.1) is 0 Å². The van der Waals surface area contributed by atoms with Crippen molar-refractivity contribution in [3.8, 4) is 6.01 Å². The number of nitrogens with zero attached hydrogens (tertiary/aromatic N) is 4. The molecule has 0 saturated heterocycles. The Morgan fingerprint density at radius 1 is 1.26 bits per heavy atom. The van der Waals surface area contributed by atoms with E-state index in [9.17, 15) is 0 Å². The highest BCUT2D eigenvalue weighted by Gasteiger charge is 2.10. The lowest BCUT2D eigenvalue weighted by Crippen LogP contribution is -2.23. The van der Waals surface area contributed by atoms with Crippen molar-refractivity contribution in [2.75, 3.05) is 49.0 Å². The van der Waals surface area contributed by atoms with Crippen molar-refractivity contribution in [2.45, 2.75) is 20.3 Å². The number of aromatic nitrogens is 3. The molecular formula is C12H23N5OS. The van der Waals surface area contributed by atoms with Gasteiger partial charge in [0.15, 0.2) is 0 Å². The molecular weight excluding hydrogens is 262 g/mol. The van der Waals surface area contributed by atoms with Crippen LogP contribution in [-0.4, -0.2) is 53.7 Å². The van der Waals surface area contributed by atoms with Crippen LogP contribution in [0.3, 0.4) is 0 Å². The van der Waals surface area contributed by atoms with Gasteiger partial charge in [-0.3, -0.25) is 0 Å². The molecule has 0 aliphatic heterocycles. The molecule has 7 heteroatoms. The summed E-state index contributed by atoms with van der Waals surface area (Å²) in [7, 11) is 1.98. The normalized spacial score (nSPS) is 10.3. The van der Waals surface area contributed by atoms with Crippen LogP contribution in [0.1, 0.15) is 20.3 Å². The quantitative estimate of drug-likeness (QED) is 0.743. The topological polar surface area (TPSA) is 63.2 Å². The van der Waals surface area contributed by atoms with Gasteiger partial charge in [-0.25, -0.2) is 0 Å². The SMILES string of the molecule is CCCOc1nc(NCC)nc(N(C)CCSC)n1. The van der Waals surface area contributed by atoms with Gasteiger partial charge in [-0.2, -0.15) is 26.7 Å². The molecule has 0 bridgehead atoms. The Hall–Kier alpha value is -1.24. The van der Waals surface area contributed by atoms with Gasteiger partial charge in [0.05, 0.1) is 6.61 Å². The van der Waals surface area contributed by atoms with E-state index in [1.165, 1.54) is 0 Å². The summed E-state index contributed by atoms with van der Waals surface area (Å²) in [6, 6.07) is 0.388. The van der Waals surface area contributed by atoms with Gasteiger partial charge >= 0.3 is 6.01 Å². The minimum atomic E-state index is 0.388. The van der Waals surface area contributed by atoms with Gasteiger partial charge in [0.2, 0.25) is 11.9 Å². The third-order valence-corrected chi connectivity index (χ3v) is 2.94. The number of thioether (sulfide) groups is 1. The summed E-state index contributed by atoms with van der Waals surface area (Å²) < 4.78 is 5.50. The molecule has 0 atom stereocenters. The molecule has 1 aromatic heterocycles. The van der Waals surface area contributed by atoms with E-state index in [1.807, 2.05) is 18.9 Å². The van der Waals surface area contributed by atoms with Gasteiger partial charge in [0.1, 0.15) is 0 Å². The maximum Gasteiger partial charge on any atom is 0.323 e. The minimum Gasteiger partial charge on any atom is -0.463 e. The average Bonchev–Trinajstić information content (AvgIpc) is 2.42. The Balaban J connectivity index is 2.84. The predicted molar refractivity (Wildman–Crippen MR) is 81.4 cm³/mol. The van der Waals surface area contributed by atoms with Crippen LogP contribution in [0.25, 0.3) is 0 Å². The van der Waals surface area contributed by atoms with E-state index in [0.29, 0.717) is 24.5 Å². The number of hydrogen-bond donors (Lipinski definition) is 1. The first-order valence-corrected chi connectivity index (χ1v) is 7.93. The van der Waals surface area contributed by atoms with Gasteiger partial charge in [-0.1, -0.05) is 6.92 Å². The van der Waals surface area contributed by atoms with E-state index in [0.717, 1.165) is 25.3 Å². The van der Waals surface area contributed by atoms with Crippen molar-refractivity contribution in [3.05, 3.63) is 0 Å². The molecule has 0 spiro atoms. The highest BCUT2D eigenvalue weighted by molar-refractivity contribution is 7.98. The first-order valence-electron chi connectivity index (χ1n) is 6.54. The van der Waals surface area contributed by atoms with E-state index < -0.39 is 0 Å². The van der Waals surface area contributed by atoms with Crippen molar-refractivity contribution >= 4 is 23.7 Å². The summed E-state index contributed by atoms with van der Waals surface area (Å²) in [5.74, 6) is 2.24. The highest BCUT2D eigenvalue weighted by Crippen LogP contribution is 2.14. The molecule has 0 amide bonds. The van der Waals surface area contributed by atoms with Gasteiger partial charge in [0, 0.05) is 25.9 Å². The molecule has 108 valence electrons. The smallest absolute Gasteiger partial charge is 0.323 e. The van der Waals surface area contributed by atoms with Crippen LogP contribution in [0.15, 0.2) is 0 Å². The summed E-state index contributed by atoms with van der Waals surface area (Å²) in [5, 5.41) is 3.10. The number of anilines is 2. The summed E-state index contributed by atoms with van der Waals surface area (Å²) in [6.45, 7) is 6.34. The van der Waals surface area contributed by atoms with Crippen LogP contribution in [-0.2, 0) is 0 Å². The zero-order chi connectivity index (χ0) is 14.1. The standard InChI is InChI=1S/C12H23N5OS/c1-5-8-18-12-15-10(13-6-2)14-11(16-12)17(3)7-9-19-4/h5-9H2,1-4H3,(H,13,14,15,16). The Morgan fingerprint density at radius 2 is 2.05 bits per heavy atom. The van der Waals surface area contributed by atoms with Gasteiger partial charge in [-0.05, 0) is 19.6 Å². The molecule has 0 saturated carbocycles. The third-order valence-electron chi connectivity index (χ3n) is 2.35. The zero-order valence-corrected chi connectivity index (χ0v) is 13.0. The molecule has 19 heavy (non-hydrogen) atoms. The Morgan fingerprint density at radius 3 is 2.68 bits per heavy atom. The van der Waals surface area contributed by atoms with Crippen LogP contribution >= 0.6 is 11.8 Å². The van der Waals surface area contributed by atoms with Crippen molar-refractivity contribution in [2.24, 2.45) is 0 Å². The molecule has 0 radical (unpaired) electrons. The van der Waals surface area contributed by atoms with Crippen molar-refractivity contribution in [1.29, 1.82) is 0 Å². The second-order valence-electron chi connectivity index (χ2n) is 4.03. The predicted octanol–water partition coefficient (Wildman–Crippen LogP) is 1.89. The Labute approximate surface area is 119 Å². The van der Waals surface area contributed by atoms with Crippen molar-refractivity contribution in [3.63, 3.8) is 0 Å². The number of nitrogens with one attached hydrogen (secondary N) is 1. The fourth-order valence-electron chi connectivity index (χ4n) is 1.34. The molecule has 0 unspecified atom stereocenters. The lowest BCUT2D eigenvalue weighted by Gasteiger charge is -2.17. The van der Waals surface area contributed by atoms with E-state index >= 15 is 0 Å². The maximum absolute atomic E-state index is 5.50. The summed E-state index contributed by atoms with van der Waals surface area (Å²) in [4.78, 5) is 15.0. The average molecular weight is 285 g/mol. The summed E-state index contributed by atoms with van der Waals surface area (Å²) in [5.41, 5.74) is 0. The molecule has 0 aliphatic carbocycles. The molecule has 1 rings (SSSR count). The Bertz CT molecular complexity index is 377. The fourth-order valence-corrected chi connectivity index (χ4v) is 1.80. The van der Waals surface area contributed by atoms with Crippen LogP contribution in [0.2, 0.25) is 0 Å². The first kappa shape index (κ1) is 15.8. The third kappa shape index (κ3) is 5.50. The molecule has 0 fully saturated rings. The first-order chi connectivity index (χ1) is 9.21. The van der Waals surface area contributed by atoms with E-state index in [4.69, 9.17) is 4.74 Å². The second-order valence-corrected chi connectivity index (χ2v) is 5.02. The van der Waals surface area contributed by atoms with Gasteiger partial charge in [0.25, 0.3) is 0 Å². The zero-order valence-electron chi connectivity index (χ0n) is 12.1.